The fourth-order valence-electron chi connectivity index (χ4n) is 2.27. The van der Waals surface area contributed by atoms with Gasteiger partial charge in [-0.15, -0.1) is 0 Å². The molecular weight excluding hydrogens is 282 g/mol. The largest absolute Gasteiger partial charge is 0.318 e. The van der Waals surface area contributed by atoms with Gasteiger partial charge in [0.05, 0.1) is 6.54 Å². The summed E-state index contributed by atoms with van der Waals surface area (Å²) in [6.45, 7) is 2.64. The molecule has 0 saturated heterocycles. The molecule has 2 rings (SSSR count). The molecule has 1 aromatic carbocycles. The Morgan fingerprint density at radius 1 is 1.27 bits per heavy atom. The van der Waals surface area contributed by atoms with Crippen LogP contribution < -0.4 is 5.62 Å². The summed E-state index contributed by atoms with van der Waals surface area (Å²) in [6.07, 6.45) is 5.30. The van der Waals surface area contributed by atoms with Crippen LogP contribution in [0.4, 0.5) is 0 Å². The molecule has 1 N–H and O–H groups in total. The van der Waals surface area contributed by atoms with Gasteiger partial charge in [-0.25, -0.2) is 14.8 Å². The molecule has 7 heteroatoms. The zero-order valence-electron chi connectivity index (χ0n) is 12.7. The highest BCUT2D eigenvalue weighted by atomic mass is 16.7. The summed E-state index contributed by atoms with van der Waals surface area (Å²) in [5.74, 6) is 0.743. The predicted octanol–water partition coefficient (Wildman–Crippen LogP) is 2.47. The van der Waals surface area contributed by atoms with Gasteiger partial charge in [0.1, 0.15) is 10.9 Å². The van der Waals surface area contributed by atoms with Crippen LogP contribution in [0, 0.1) is 10.1 Å². The molecule has 0 spiro atoms. The molecular formula is C15H21N5O2. The van der Waals surface area contributed by atoms with E-state index in [0.29, 0.717) is 6.54 Å². The molecule has 2 aromatic rings. The highest BCUT2D eigenvalue weighted by Gasteiger charge is 2.07. The Bertz CT molecular complexity index is 660. The lowest BCUT2D eigenvalue weighted by Gasteiger charge is -2.01. The van der Waals surface area contributed by atoms with Crippen molar-refractivity contribution in [3.63, 3.8) is 0 Å². The summed E-state index contributed by atoms with van der Waals surface area (Å²) < 4.78 is 1.62. The molecule has 0 aliphatic carbocycles. The highest BCUT2D eigenvalue weighted by Crippen LogP contribution is 2.04. The smallest absolute Gasteiger partial charge is 0.282 e. The van der Waals surface area contributed by atoms with Gasteiger partial charge in [0.25, 0.3) is 0 Å². The van der Waals surface area contributed by atoms with Crippen LogP contribution in [0.5, 0.6) is 0 Å². The second kappa shape index (κ2) is 8.11. The normalized spacial score (nSPS) is 11.8. The van der Waals surface area contributed by atoms with Crippen LogP contribution in [0.1, 0.15) is 44.0 Å². The van der Waals surface area contributed by atoms with Crippen molar-refractivity contribution >= 4 is 0 Å². The van der Waals surface area contributed by atoms with E-state index in [-0.39, 0.29) is 5.62 Å². The highest BCUT2D eigenvalue weighted by molar-refractivity contribution is 5.14. The van der Waals surface area contributed by atoms with Crippen molar-refractivity contribution in [2.75, 3.05) is 0 Å². The van der Waals surface area contributed by atoms with Crippen molar-refractivity contribution in [3.05, 3.63) is 57.5 Å². The van der Waals surface area contributed by atoms with Crippen LogP contribution in [-0.2, 0) is 13.0 Å². The number of hydrogen-bond donors (Lipinski definition) is 1. The topological polar surface area (TPSA) is 89.1 Å². The van der Waals surface area contributed by atoms with Gasteiger partial charge >= 0.3 is 5.62 Å². The van der Waals surface area contributed by atoms with Crippen molar-refractivity contribution in [2.24, 2.45) is 5.10 Å². The first-order valence-corrected chi connectivity index (χ1v) is 7.57. The minimum atomic E-state index is -0.710. The molecule has 118 valence electrons. The van der Waals surface area contributed by atoms with Gasteiger partial charge in [0.2, 0.25) is 0 Å². The monoisotopic (exact) mass is 303 g/mol. The summed E-state index contributed by atoms with van der Waals surface area (Å²) in [4.78, 5) is 14.9. The zero-order chi connectivity index (χ0) is 15.8. The van der Waals surface area contributed by atoms with Crippen LogP contribution in [0.2, 0.25) is 0 Å². The Morgan fingerprint density at radius 2 is 2.05 bits per heavy atom. The number of unbranched alkanes of at least 4 members (excludes halogenated alkanes) is 3. The fourth-order valence-corrected chi connectivity index (χ4v) is 2.27. The van der Waals surface area contributed by atoms with E-state index in [1.165, 1.54) is 12.8 Å². The van der Waals surface area contributed by atoms with Crippen molar-refractivity contribution < 1.29 is 5.03 Å². The van der Waals surface area contributed by atoms with Crippen LogP contribution >= 0.6 is 0 Å². The molecule has 1 heterocycles. The molecule has 0 aliphatic heterocycles. The van der Waals surface area contributed by atoms with E-state index < -0.39 is 5.03 Å². The van der Waals surface area contributed by atoms with Gasteiger partial charge in [-0.3, -0.25) is 5.10 Å². The van der Waals surface area contributed by atoms with Gasteiger partial charge in [0, 0.05) is 6.42 Å². The average molecular weight is 303 g/mol. The Kier molecular flexibility index (Phi) is 5.88. The first kappa shape index (κ1) is 15.9. The molecule has 0 bridgehead atoms. The number of aromatic nitrogens is 3. The third kappa shape index (κ3) is 4.83. The lowest BCUT2D eigenvalue weighted by molar-refractivity contribution is -0.491. The second-order valence-electron chi connectivity index (χ2n) is 5.19. The third-order valence-electron chi connectivity index (χ3n) is 3.36. The Balaban J connectivity index is 2.16. The zero-order valence-corrected chi connectivity index (χ0v) is 12.7. The van der Waals surface area contributed by atoms with Crippen molar-refractivity contribution in [1.82, 2.24) is 14.8 Å². The number of nitro groups is 1. The summed E-state index contributed by atoms with van der Waals surface area (Å²) in [6, 6.07) is 9.72. The van der Waals surface area contributed by atoms with Gasteiger partial charge < -0.3 is 0 Å². The number of aromatic amines is 1. The molecule has 0 saturated carbocycles. The molecule has 0 unspecified atom stereocenters. The number of benzene rings is 1. The number of nitrogens with one attached hydrogen (secondary N) is 1. The van der Waals surface area contributed by atoms with E-state index in [0.717, 1.165) is 30.7 Å². The van der Waals surface area contributed by atoms with E-state index in [9.17, 15) is 10.1 Å². The van der Waals surface area contributed by atoms with Gasteiger partial charge in [-0.2, -0.15) is 4.98 Å². The number of hydrogen-bond acceptors (Lipinski definition) is 3. The summed E-state index contributed by atoms with van der Waals surface area (Å²) >= 11 is 0. The molecule has 1 aromatic heterocycles. The molecule has 7 nitrogen and oxygen atoms in total. The molecule has 0 aliphatic rings. The van der Waals surface area contributed by atoms with Gasteiger partial charge in [-0.05, 0) is 12.0 Å². The van der Waals surface area contributed by atoms with Gasteiger partial charge in [-0.1, -0.05) is 56.5 Å². The molecule has 0 fully saturated rings. The Labute approximate surface area is 128 Å². The number of nitrogens with zero attached hydrogens (tertiary/aromatic N) is 4. The standard InChI is InChI=1S/C15H21N5O2/c1-2-3-4-8-11-14-16-15(18-20(21)22)19(17-14)12-13-9-6-5-7-10-13/h5-7,9-10H,2-4,8,11-12H2,1H3,(H,16,17,18). The van der Waals surface area contributed by atoms with Crippen LogP contribution in [0.15, 0.2) is 35.4 Å². The summed E-state index contributed by atoms with van der Waals surface area (Å²) in [7, 11) is 0. The first-order chi connectivity index (χ1) is 10.7. The number of H-pyrrole nitrogens is 1. The lowest BCUT2D eigenvalue weighted by atomic mass is 10.1. The van der Waals surface area contributed by atoms with E-state index in [1.807, 2.05) is 30.3 Å². The molecule has 0 atom stereocenters. The quantitative estimate of drug-likeness (QED) is 0.461. The maximum atomic E-state index is 10.7. The minimum absolute atomic E-state index is 0.111. The number of rotatable bonds is 8. The second-order valence-corrected chi connectivity index (χ2v) is 5.19. The van der Waals surface area contributed by atoms with E-state index in [2.05, 4.69) is 22.1 Å². The van der Waals surface area contributed by atoms with Crippen LogP contribution in [0.25, 0.3) is 0 Å². The minimum Gasteiger partial charge on any atom is -0.282 e. The van der Waals surface area contributed by atoms with Gasteiger partial charge in [0.15, 0.2) is 5.03 Å². The molecule has 0 amide bonds. The van der Waals surface area contributed by atoms with E-state index in [4.69, 9.17) is 0 Å². The molecule has 0 radical (unpaired) electrons. The summed E-state index contributed by atoms with van der Waals surface area (Å²) in [5.41, 5.74) is 1.15. The van der Waals surface area contributed by atoms with Crippen LogP contribution in [0.3, 0.4) is 0 Å². The predicted molar refractivity (Wildman–Crippen MR) is 82.5 cm³/mol. The Hall–Kier alpha value is -2.44. The number of aryl methyl sites for hydroxylation is 1. The van der Waals surface area contributed by atoms with E-state index >= 15 is 0 Å². The van der Waals surface area contributed by atoms with Crippen molar-refractivity contribution in [1.29, 1.82) is 0 Å². The fraction of sp³-hybridized carbons (Fsp3) is 0.467. The van der Waals surface area contributed by atoms with Crippen molar-refractivity contribution in [2.45, 2.75) is 45.6 Å². The lowest BCUT2D eigenvalue weighted by Crippen LogP contribution is -2.22. The summed E-state index contributed by atoms with van der Waals surface area (Å²) in [5, 5.41) is 16.4. The molecule has 22 heavy (non-hydrogen) atoms. The first-order valence-electron chi connectivity index (χ1n) is 7.57. The van der Waals surface area contributed by atoms with E-state index in [1.54, 1.807) is 4.68 Å². The third-order valence-corrected chi connectivity index (χ3v) is 3.36. The maximum Gasteiger partial charge on any atom is 0.318 e. The Morgan fingerprint density at radius 3 is 2.73 bits per heavy atom. The van der Waals surface area contributed by atoms with Crippen LogP contribution in [-0.4, -0.2) is 19.8 Å². The maximum absolute atomic E-state index is 10.7. The van der Waals surface area contributed by atoms with Crippen molar-refractivity contribution in [3.8, 4) is 0 Å². The SMILES string of the molecule is CCCCCCc1n/c(=N\[N+](=O)[O-])n(Cc2ccccc2)[nH]1. The average Bonchev–Trinajstić information content (AvgIpc) is 2.86.